The Morgan fingerprint density at radius 1 is 1.38 bits per heavy atom. The van der Waals surface area contributed by atoms with Crippen molar-refractivity contribution in [1.29, 1.82) is 0 Å². The first-order chi connectivity index (χ1) is 9.90. The maximum Gasteiger partial charge on any atom is 0.336 e. The number of carboxylic acids is 1. The van der Waals surface area contributed by atoms with Gasteiger partial charge in [0, 0.05) is 0 Å². The molecule has 0 amide bonds. The van der Waals surface area contributed by atoms with Crippen molar-refractivity contribution < 1.29 is 23.1 Å². The summed E-state index contributed by atoms with van der Waals surface area (Å²) in [5.74, 6) is -1.07. The first kappa shape index (κ1) is 14.8. The van der Waals surface area contributed by atoms with Crippen LogP contribution in [0.4, 0.5) is 5.95 Å². The molecule has 10 heteroatoms. The average Bonchev–Trinajstić information content (AvgIpc) is 2.85. The third-order valence-corrected chi connectivity index (χ3v) is 3.82. The van der Waals surface area contributed by atoms with Crippen LogP contribution >= 0.6 is 0 Å². The first-order valence-corrected chi connectivity index (χ1v) is 7.19. The molecule has 1 heterocycles. The lowest BCUT2D eigenvalue weighted by molar-refractivity contribution is -0.136. The number of carbonyl (C=O) groups is 1. The number of rotatable bonds is 6. The highest BCUT2D eigenvalue weighted by Gasteiger charge is 2.16. The minimum atomic E-state index is -3.84. The molecule has 1 aromatic heterocycles. The molecule has 1 aromatic carbocycles. The van der Waals surface area contributed by atoms with Gasteiger partial charge in [-0.2, -0.15) is 4.98 Å². The van der Waals surface area contributed by atoms with Gasteiger partial charge in [-0.3, -0.25) is 4.79 Å². The molecule has 0 bridgehead atoms. The van der Waals surface area contributed by atoms with E-state index in [-0.39, 0.29) is 23.3 Å². The molecule has 0 atom stereocenters. The topological polar surface area (TPSA) is 134 Å². The zero-order valence-corrected chi connectivity index (χ0v) is 11.7. The lowest BCUT2D eigenvalue weighted by Crippen LogP contribution is -2.14. The Morgan fingerprint density at radius 2 is 2.05 bits per heavy atom. The lowest BCUT2D eigenvalue weighted by atomic mass is 10.2. The molecule has 0 unspecified atom stereocenters. The van der Waals surface area contributed by atoms with E-state index in [1.54, 1.807) is 0 Å². The Balaban J connectivity index is 2.17. The summed E-state index contributed by atoms with van der Waals surface area (Å²) in [6.45, 7) is 0. The Labute approximate surface area is 120 Å². The standard InChI is InChI=1S/C11H12N4O5S/c1-20-11-12-10(13-14-11)15-21(18,19)8-4-2-7(3-5-8)6-9(16)17/h2-5H,6H2,1H3,(H,16,17)(H2,12,13,14,15). The van der Waals surface area contributed by atoms with E-state index in [0.29, 0.717) is 5.56 Å². The van der Waals surface area contributed by atoms with Crippen molar-refractivity contribution in [2.45, 2.75) is 11.3 Å². The molecule has 112 valence electrons. The fraction of sp³-hybridized carbons (Fsp3) is 0.182. The number of hydrogen-bond acceptors (Lipinski definition) is 6. The fourth-order valence-corrected chi connectivity index (χ4v) is 2.49. The lowest BCUT2D eigenvalue weighted by Gasteiger charge is -2.05. The van der Waals surface area contributed by atoms with Crippen LogP contribution in [0.15, 0.2) is 29.2 Å². The Bertz CT molecular complexity index is 738. The number of nitrogens with zero attached hydrogens (tertiary/aromatic N) is 2. The number of methoxy groups -OCH3 is 1. The first-order valence-electron chi connectivity index (χ1n) is 5.70. The second-order valence-corrected chi connectivity index (χ2v) is 5.67. The molecule has 9 nitrogen and oxygen atoms in total. The van der Waals surface area contributed by atoms with E-state index in [1.807, 2.05) is 0 Å². The predicted octanol–water partition coefficient (Wildman–Crippen LogP) is 0.241. The predicted molar refractivity (Wildman–Crippen MR) is 71.5 cm³/mol. The Kier molecular flexibility index (Phi) is 4.08. The van der Waals surface area contributed by atoms with Crippen molar-refractivity contribution in [3.05, 3.63) is 29.8 Å². The highest BCUT2D eigenvalue weighted by molar-refractivity contribution is 7.92. The summed E-state index contributed by atoms with van der Waals surface area (Å²) in [4.78, 5) is 14.3. The van der Waals surface area contributed by atoms with Gasteiger partial charge in [0.1, 0.15) is 0 Å². The average molecular weight is 312 g/mol. The molecular formula is C11H12N4O5S. The van der Waals surface area contributed by atoms with Gasteiger partial charge in [0.2, 0.25) is 5.95 Å². The van der Waals surface area contributed by atoms with Crippen LogP contribution in [0.1, 0.15) is 5.56 Å². The molecule has 0 aliphatic rings. The number of nitrogens with one attached hydrogen (secondary N) is 2. The van der Waals surface area contributed by atoms with Crippen LogP contribution in [-0.4, -0.2) is 41.8 Å². The van der Waals surface area contributed by atoms with Gasteiger partial charge >= 0.3 is 12.0 Å². The van der Waals surface area contributed by atoms with Crippen LogP contribution in [0.2, 0.25) is 0 Å². The minimum Gasteiger partial charge on any atom is -0.481 e. The van der Waals surface area contributed by atoms with Crippen molar-refractivity contribution in [2.24, 2.45) is 0 Å². The van der Waals surface area contributed by atoms with E-state index in [2.05, 4.69) is 19.9 Å². The maximum atomic E-state index is 12.1. The molecule has 0 aliphatic heterocycles. The molecule has 0 saturated heterocycles. The van der Waals surface area contributed by atoms with Crippen molar-refractivity contribution in [3.8, 4) is 6.01 Å². The fourth-order valence-electron chi connectivity index (χ4n) is 1.53. The van der Waals surface area contributed by atoms with Gasteiger partial charge in [-0.1, -0.05) is 12.1 Å². The third kappa shape index (κ3) is 3.69. The molecule has 2 aromatic rings. The summed E-state index contributed by atoms with van der Waals surface area (Å²) in [5.41, 5.74) is 0.503. The van der Waals surface area contributed by atoms with E-state index in [0.717, 1.165) is 0 Å². The van der Waals surface area contributed by atoms with Gasteiger partial charge < -0.3 is 9.84 Å². The van der Waals surface area contributed by atoms with Crippen molar-refractivity contribution in [2.75, 3.05) is 11.8 Å². The highest BCUT2D eigenvalue weighted by atomic mass is 32.2. The van der Waals surface area contributed by atoms with Crippen LogP contribution < -0.4 is 9.46 Å². The second kappa shape index (κ2) is 5.79. The van der Waals surface area contributed by atoms with Crippen molar-refractivity contribution in [3.63, 3.8) is 0 Å². The number of benzene rings is 1. The summed E-state index contributed by atoms with van der Waals surface area (Å²) in [6, 6.07) is 5.50. The monoisotopic (exact) mass is 312 g/mol. The van der Waals surface area contributed by atoms with Gasteiger partial charge in [-0.25, -0.2) is 18.2 Å². The molecule has 3 N–H and O–H groups in total. The van der Waals surface area contributed by atoms with E-state index >= 15 is 0 Å². The molecule has 0 aliphatic carbocycles. The molecule has 2 rings (SSSR count). The number of hydrogen-bond donors (Lipinski definition) is 3. The van der Waals surface area contributed by atoms with Gasteiger partial charge in [0.15, 0.2) is 0 Å². The number of aromatic amines is 1. The Morgan fingerprint density at radius 3 is 2.57 bits per heavy atom. The zero-order chi connectivity index (χ0) is 15.5. The normalized spacial score (nSPS) is 11.1. The molecule has 0 saturated carbocycles. The smallest absolute Gasteiger partial charge is 0.336 e. The molecule has 21 heavy (non-hydrogen) atoms. The van der Waals surface area contributed by atoms with Crippen LogP contribution in [0.5, 0.6) is 6.01 Å². The molecule has 0 radical (unpaired) electrons. The SMILES string of the molecule is COc1n[nH]c(NS(=O)(=O)c2ccc(CC(=O)O)cc2)n1. The number of aliphatic carboxylic acids is 1. The summed E-state index contributed by atoms with van der Waals surface area (Å²) in [6.07, 6.45) is -0.174. The number of aromatic nitrogens is 3. The second-order valence-electron chi connectivity index (χ2n) is 3.99. The largest absolute Gasteiger partial charge is 0.481 e. The van der Waals surface area contributed by atoms with Crippen LogP contribution in [-0.2, 0) is 21.2 Å². The summed E-state index contributed by atoms with van der Waals surface area (Å²) >= 11 is 0. The highest BCUT2D eigenvalue weighted by Crippen LogP contribution is 2.15. The molecular weight excluding hydrogens is 300 g/mol. The van der Waals surface area contributed by atoms with E-state index in [1.165, 1.54) is 31.4 Å². The van der Waals surface area contributed by atoms with Gasteiger partial charge in [0.25, 0.3) is 10.0 Å². The van der Waals surface area contributed by atoms with E-state index < -0.39 is 16.0 Å². The summed E-state index contributed by atoms with van der Waals surface area (Å²) in [7, 11) is -2.49. The quantitative estimate of drug-likeness (QED) is 0.695. The van der Waals surface area contributed by atoms with Gasteiger partial charge in [0.05, 0.1) is 18.4 Å². The summed E-state index contributed by atoms with van der Waals surface area (Å²) in [5, 5.41) is 14.6. The molecule has 0 spiro atoms. The van der Waals surface area contributed by atoms with Crippen molar-refractivity contribution in [1.82, 2.24) is 15.2 Å². The van der Waals surface area contributed by atoms with Crippen LogP contribution in [0.25, 0.3) is 0 Å². The van der Waals surface area contributed by atoms with Crippen LogP contribution in [0, 0.1) is 0 Å². The van der Waals surface area contributed by atoms with Gasteiger partial charge in [-0.05, 0) is 17.7 Å². The Hall–Kier alpha value is -2.62. The zero-order valence-electron chi connectivity index (χ0n) is 10.9. The van der Waals surface area contributed by atoms with Crippen molar-refractivity contribution >= 4 is 21.9 Å². The van der Waals surface area contributed by atoms with E-state index in [4.69, 9.17) is 9.84 Å². The van der Waals surface area contributed by atoms with Crippen LogP contribution in [0.3, 0.4) is 0 Å². The number of sulfonamides is 1. The number of ether oxygens (including phenoxy) is 1. The molecule has 0 fully saturated rings. The number of anilines is 1. The maximum absolute atomic E-state index is 12.1. The van der Waals surface area contributed by atoms with Gasteiger partial charge in [-0.15, -0.1) is 5.10 Å². The third-order valence-electron chi connectivity index (χ3n) is 2.47. The number of H-pyrrole nitrogens is 1. The minimum absolute atomic E-state index is 0.00417. The number of carboxylic acid groups (broad SMARTS) is 1. The van der Waals surface area contributed by atoms with E-state index in [9.17, 15) is 13.2 Å². The summed E-state index contributed by atoms with van der Waals surface area (Å²) < 4.78 is 31.1.